The summed E-state index contributed by atoms with van der Waals surface area (Å²) in [6, 6.07) is 0.0944. The van der Waals surface area contributed by atoms with E-state index in [9.17, 15) is 14.4 Å². The number of allylic oxidation sites excluding steroid dienone is 1. The summed E-state index contributed by atoms with van der Waals surface area (Å²) >= 11 is 6.38. The van der Waals surface area contributed by atoms with Crippen molar-refractivity contribution >= 4 is 29.3 Å². The molecule has 6 atom stereocenters. The van der Waals surface area contributed by atoms with E-state index in [0.29, 0.717) is 6.54 Å². The Morgan fingerprint density at radius 3 is 2.64 bits per heavy atom. The summed E-state index contributed by atoms with van der Waals surface area (Å²) < 4.78 is 22.1. The van der Waals surface area contributed by atoms with Gasteiger partial charge in [-0.3, -0.25) is 14.5 Å². The highest BCUT2D eigenvalue weighted by molar-refractivity contribution is 6.39. The molecule has 3 saturated heterocycles. The second-order valence-corrected chi connectivity index (χ2v) is 8.05. The average molecular weight is 414 g/mol. The van der Waals surface area contributed by atoms with E-state index < -0.39 is 40.5 Å². The third-order valence-corrected chi connectivity index (χ3v) is 7.10. The molecule has 4 aliphatic heterocycles. The van der Waals surface area contributed by atoms with E-state index in [-0.39, 0.29) is 43.2 Å². The number of likely N-dealkylation sites (N-methyl/N-ethyl adjacent to an activating group) is 1. The van der Waals surface area contributed by atoms with Gasteiger partial charge in [0.2, 0.25) is 11.6 Å². The fourth-order valence-electron chi connectivity index (χ4n) is 5.44. The highest BCUT2D eigenvalue weighted by atomic mass is 35.5. The molecule has 0 saturated carbocycles. The van der Waals surface area contributed by atoms with Gasteiger partial charge in [-0.15, -0.1) is 11.6 Å². The molecule has 152 valence electrons. The molecule has 2 N–H and O–H groups in total. The van der Waals surface area contributed by atoms with E-state index in [2.05, 4.69) is 4.90 Å². The van der Waals surface area contributed by atoms with Gasteiger partial charge < -0.3 is 29.6 Å². The molecule has 0 bridgehead atoms. The van der Waals surface area contributed by atoms with Crippen molar-refractivity contribution in [2.24, 2.45) is 11.7 Å². The zero-order valence-corrected chi connectivity index (χ0v) is 16.1. The number of amides is 1. The second kappa shape index (κ2) is 5.67. The molecule has 0 aromatic rings. The van der Waals surface area contributed by atoms with Crippen molar-refractivity contribution in [3.63, 3.8) is 0 Å². The van der Waals surface area contributed by atoms with Crippen molar-refractivity contribution in [2.75, 3.05) is 40.5 Å². The lowest BCUT2D eigenvalue weighted by Crippen LogP contribution is -2.57. The molecule has 10 nitrogen and oxygen atoms in total. The predicted octanol–water partition coefficient (Wildman–Crippen LogP) is -1.19. The summed E-state index contributed by atoms with van der Waals surface area (Å²) in [6.45, 7) is 0.593. The van der Waals surface area contributed by atoms with Crippen LogP contribution in [-0.2, 0) is 28.5 Å². The molecular weight excluding hydrogens is 394 g/mol. The molecule has 2 unspecified atom stereocenters. The first-order valence-corrected chi connectivity index (χ1v) is 9.47. The van der Waals surface area contributed by atoms with Gasteiger partial charge in [0, 0.05) is 25.3 Å². The summed E-state index contributed by atoms with van der Waals surface area (Å²) in [7, 11) is 3.46. The second-order valence-electron chi connectivity index (χ2n) is 7.61. The standard InChI is InChI=1S/C17H20ClN3O7/c1-20-8-5-21-10-9(7(6-26-15(19)24)16(21,25-2)13(8)20)14(23)17(12(18)11(10)22)27-3-4-28-17/h7-8,12-13H,3-6H2,1-2H3,(H2,19,24)/t7-,8+,12?,13+,16-,20?/m1/s1. The maximum atomic E-state index is 13.5. The van der Waals surface area contributed by atoms with Gasteiger partial charge in [0.05, 0.1) is 30.9 Å². The molecule has 1 aliphatic carbocycles. The Bertz CT molecular complexity index is 826. The van der Waals surface area contributed by atoms with Crippen LogP contribution < -0.4 is 5.73 Å². The number of nitrogens with two attached hydrogens (primary N) is 1. The van der Waals surface area contributed by atoms with Crippen LogP contribution in [0.15, 0.2) is 11.3 Å². The Morgan fingerprint density at radius 2 is 2.04 bits per heavy atom. The monoisotopic (exact) mass is 413 g/mol. The minimum absolute atomic E-state index is 0.0692. The molecule has 11 heteroatoms. The third-order valence-electron chi connectivity index (χ3n) is 6.62. The largest absolute Gasteiger partial charge is 0.449 e. The Balaban J connectivity index is 1.66. The van der Waals surface area contributed by atoms with Crippen LogP contribution in [0.5, 0.6) is 0 Å². The molecule has 5 rings (SSSR count). The molecular formula is C17H20ClN3O7. The highest BCUT2D eigenvalue weighted by Crippen LogP contribution is 2.60. The van der Waals surface area contributed by atoms with E-state index in [0.717, 1.165) is 0 Å². The number of alkyl halides is 1. The number of fused-ring (bicyclic) bond motifs is 4. The Morgan fingerprint density at radius 1 is 1.36 bits per heavy atom. The molecule has 5 aliphatic rings. The lowest BCUT2D eigenvalue weighted by atomic mass is 9.80. The molecule has 3 fully saturated rings. The van der Waals surface area contributed by atoms with Gasteiger partial charge in [0.15, 0.2) is 11.1 Å². The lowest BCUT2D eigenvalue weighted by Gasteiger charge is -2.40. The van der Waals surface area contributed by atoms with Crippen LogP contribution in [0, 0.1) is 5.92 Å². The number of Topliss-reactive ketones (excluding diaryl/α,β-unsaturated/α-hetero) is 2. The normalized spacial score (nSPS) is 42.7. The summed E-state index contributed by atoms with van der Waals surface area (Å²) in [5.74, 6) is -3.56. The first-order valence-electron chi connectivity index (χ1n) is 9.03. The van der Waals surface area contributed by atoms with Crippen LogP contribution in [0.1, 0.15) is 0 Å². The molecule has 1 amide bonds. The van der Waals surface area contributed by atoms with E-state index in [1.54, 1.807) is 4.90 Å². The fourth-order valence-corrected chi connectivity index (χ4v) is 5.77. The number of halogens is 1. The molecule has 0 aromatic carbocycles. The summed E-state index contributed by atoms with van der Waals surface area (Å²) in [4.78, 5) is 42.0. The maximum Gasteiger partial charge on any atom is 0.404 e. The minimum atomic E-state index is -1.86. The summed E-state index contributed by atoms with van der Waals surface area (Å²) in [5, 5.41) is -1.30. The quantitative estimate of drug-likeness (QED) is 0.449. The maximum absolute atomic E-state index is 13.5. The van der Waals surface area contributed by atoms with Crippen molar-refractivity contribution in [3.8, 4) is 0 Å². The van der Waals surface area contributed by atoms with Crippen LogP contribution in [-0.4, -0.2) is 97.0 Å². The zero-order valence-electron chi connectivity index (χ0n) is 15.3. The molecule has 0 radical (unpaired) electrons. The average Bonchev–Trinajstić information content (AvgIpc) is 3.05. The van der Waals surface area contributed by atoms with Crippen LogP contribution >= 0.6 is 11.6 Å². The van der Waals surface area contributed by atoms with Crippen LogP contribution in [0.2, 0.25) is 0 Å². The summed E-state index contributed by atoms with van der Waals surface area (Å²) in [5.41, 5.74) is 4.51. The number of primary amides is 1. The Kier molecular flexibility index (Phi) is 3.71. The van der Waals surface area contributed by atoms with Crippen LogP contribution in [0.4, 0.5) is 4.79 Å². The number of ether oxygens (including phenoxy) is 4. The van der Waals surface area contributed by atoms with Crippen LogP contribution in [0.3, 0.4) is 0 Å². The topological polar surface area (TPSA) is 120 Å². The van der Waals surface area contributed by atoms with Gasteiger partial charge in [0.1, 0.15) is 6.61 Å². The number of nitrogens with zero attached hydrogens (tertiary/aromatic N) is 2. The highest BCUT2D eigenvalue weighted by Gasteiger charge is 2.77. The predicted molar refractivity (Wildman–Crippen MR) is 92.1 cm³/mol. The van der Waals surface area contributed by atoms with Crippen molar-refractivity contribution in [1.82, 2.24) is 9.80 Å². The Labute approximate surface area is 165 Å². The zero-order chi connectivity index (χ0) is 20.0. The van der Waals surface area contributed by atoms with E-state index in [4.69, 9.17) is 36.3 Å². The molecule has 4 heterocycles. The van der Waals surface area contributed by atoms with Gasteiger partial charge >= 0.3 is 6.09 Å². The smallest absolute Gasteiger partial charge is 0.404 e. The minimum Gasteiger partial charge on any atom is -0.449 e. The van der Waals surface area contributed by atoms with Gasteiger partial charge in [0.25, 0.3) is 5.79 Å². The molecule has 0 aromatic heterocycles. The van der Waals surface area contributed by atoms with Gasteiger partial charge in [-0.2, -0.15) is 0 Å². The lowest BCUT2D eigenvalue weighted by molar-refractivity contribution is -0.181. The number of piperazine rings is 1. The van der Waals surface area contributed by atoms with E-state index >= 15 is 0 Å². The summed E-state index contributed by atoms with van der Waals surface area (Å²) in [6.07, 6.45) is -0.974. The first kappa shape index (κ1) is 18.3. The number of ketones is 2. The van der Waals surface area contributed by atoms with Crippen molar-refractivity contribution in [1.29, 1.82) is 0 Å². The third kappa shape index (κ3) is 1.90. The van der Waals surface area contributed by atoms with Gasteiger partial charge in [-0.1, -0.05) is 0 Å². The number of carbonyl (C=O) groups excluding carboxylic acids is 3. The number of carbonyl (C=O) groups is 3. The van der Waals surface area contributed by atoms with E-state index in [1.165, 1.54) is 7.11 Å². The number of methoxy groups -OCH3 is 1. The van der Waals surface area contributed by atoms with Crippen LogP contribution in [0.25, 0.3) is 0 Å². The number of hydrogen-bond acceptors (Lipinski definition) is 9. The van der Waals surface area contributed by atoms with Crippen molar-refractivity contribution in [2.45, 2.75) is 29.0 Å². The van der Waals surface area contributed by atoms with Crippen molar-refractivity contribution < 1.29 is 33.3 Å². The Hall–Kier alpha value is -1.72. The first-order chi connectivity index (χ1) is 13.3. The number of rotatable bonds is 3. The SMILES string of the molecule is CO[C@@]12[C@H](COC(N)=O)C3=C(C(=O)C(Cl)C4(OCCO4)C3=O)N1C[C@H]1[C@@H]2N1C. The number of hydrogen-bond donors (Lipinski definition) is 1. The molecule has 28 heavy (non-hydrogen) atoms. The van der Waals surface area contributed by atoms with Crippen molar-refractivity contribution in [3.05, 3.63) is 11.3 Å². The van der Waals surface area contributed by atoms with Gasteiger partial charge in [-0.25, -0.2) is 4.79 Å². The van der Waals surface area contributed by atoms with Gasteiger partial charge in [-0.05, 0) is 7.05 Å². The van der Waals surface area contributed by atoms with E-state index in [1.807, 2.05) is 7.05 Å². The molecule has 1 spiro atoms. The fraction of sp³-hybridized carbons (Fsp3) is 0.706.